The van der Waals surface area contributed by atoms with Gasteiger partial charge in [0.1, 0.15) is 0 Å². The molecule has 4 nitrogen and oxygen atoms in total. The molecule has 0 aromatic heterocycles. The summed E-state index contributed by atoms with van der Waals surface area (Å²) in [5, 5.41) is 3.25. The fourth-order valence-corrected chi connectivity index (χ4v) is 1.58. The van der Waals surface area contributed by atoms with Gasteiger partial charge in [-0.2, -0.15) is 0 Å². The van der Waals surface area contributed by atoms with E-state index in [1.807, 2.05) is 6.92 Å². The molecular weight excluding hydrogens is 216 g/mol. The second-order valence-corrected chi connectivity index (χ2v) is 4.75. The second kappa shape index (κ2) is 10.5. The topological polar surface area (TPSA) is 41.6 Å². The summed E-state index contributed by atoms with van der Waals surface area (Å²) in [4.78, 5) is 13.6. The Bertz CT molecular complexity index is 196. The number of esters is 1. The highest BCUT2D eigenvalue weighted by Gasteiger charge is 2.07. The van der Waals surface area contributed by atoms with Gasteiger partial charge in [-0.05, 0) is 47.0 Å². The van der Waals surface area contributed by atoms with Crippen LogP contribution in [0.2, 0.25) is 0 Å². The summed E-state index contributed by atoms with van der Waals surface area (Å²) in [7, 11) is 4.12. The van der Waals surface area contributed by atoms with Crippen LogP contribution in [0.3, 0.4) is 0 Å². The van der Waals surface area contributed by atoms with Crippen molar-refractivity contribution >= 4 is 5.97 Å². The average Bonchev–Trinajstić information content (AvgIpc) is 2.23. The number of nitrogens with zero attached hydrogens (tertiary/aromatic N) is 1. The van der Waals surface area contributed by atoms with Gasteiger partial charge in [-0.25, -0.2) is 0 Å². The van der Waals surface area contributed by atoms with E-state index in [1.54, 1.807) is 0 Å². The van der Waals surface area contributed by atoms with Crippen LogP contribution in [0.1, 0.15) is 39.5 Å². The molecule has 0 aromatic carbocycles. The molecule has 0 rings (SSSR count). The van der Waals surface area contributed by atoms with Gasteiger partial charge in [0.2, 0.25) is 0 Å². The van der Waals surface area contributed by atoms with E-state index in [1.165, 1.54) is 0 Å². The fraction of sp³-hybridized carbons (Fsp3) is 0.923. The number of nitrogens with one attached hydrogen (secondary N) is 1. The smallest absolute Gasteiger partial charge is 0.307 e. The van der Waals surface area contributed by atoms with Gasteiger partial charge in [0.25, 0.3) is 0 Å². The molecule has 0 fully saturated rings. The van der Waals surface area contributed by atoms with E-state index in [2.05, 4.69) is 31.2 Å². The second-order valence-electron chi connectivity index (χ2n) is 4.75. The molecule has 0 amide bonds. The summed E-state index contributed by atoms with van der Waals surface area (Å²) in [6, 6.07) is 0. The highest BCUT2D eigenvalue weighted by molar-refractivity contribution is 5.69. The van der Waals surface area contributed by atoms with E-state index in [-0.39, 0.29) is 12.1 Å². The third kappa shape index (κ3) is 11.6. The van der Waals surface area contributed by atoms with Gasteiger partial charge in [0, 0.05) is 6.54 Å². The Balaban J connectivity index is 3.33. The molecule has 0 heterocycles. The first kappa shape index (κ1) is 16.4. The molecule has 102 valence electrons. The molecule has 4 heteroatoms. The lowest BCUT2D eigenvalue weighted by Crippen LogP contribution is -2.25. The normalized spacial score (nSPS) is 12.8. The molecule has 0 radical (unpaired) electrons. The predicted octanol–water partition coefficient (Wildman–Crippen LogP) is 1.65. The first-order valence-electron chi connectivity index (χ1n) is 6.61. The summed E-state index contributed by atoms with van der Waals surface area (Å²) in [5.41, 5.74) is 0. The SMILES string of the molecule is CCCC(C)OC(=O)CCNCCCN(C)C. The van der Waals surface area contributed by atoms with Crippen molar-refractivity contribution in [3.8, 4) is 0 Å². The van der Waals surface area contributed by atoms with Crippen LogP contribution >= 0.6 is 0 Å². The fourth-order valence-electron chi connectivity index (χ4n) is 1.58. The molecule has 0 bridgehead atoms. The van der Waals surface area contributed by atoms with E-state index in [9.17, 15) is 4.79 Å². The van der Waals surface area contributed by atoms with Gasteiger partial charge in [0.15, 0.2) is 0 Å². The van der Waals surface area contributed by atoms with Crippen molar-refractivity contribution in [1.29, 1.82) is 0 Å². The minimum absolute atomic E-state index is 0.0567. The third-order valence-corrected chi connectivity index (χ3v) is 2.49. The summed E-state index contributed by atoms with van der Waals surface area (Å²) in [5.74, 6) is -0.0916. The maximum Gasteiger partial charge on any atom is 0.307 e. The Morgan fingerprint density at radius 1 is 1.35 bits per heavy atom. The molecule has 0 spiro atoms. The molecule has 17 heavy (non-hydrogen) atoms. The van der Waals surface area contributed by atoms with Gasteiger partial charge in [0.05, 0.1) is 12.5 Å². The Labute approximate surface area is 106 Å². The van der Waals surface area contributed by atoms with E-state index >= 15 is 0 Å². The molecule has 0 aliphatic rings. The lowest BCUT2D eigenvalue weighted by molar-refractivity contribution is -0.148. The van der Waals surface area contributed by atoms with Crippen LogP contribution in [0.5, 0.6) is 0 Å². The van der Waals surface area contributed by atoms with Gasteiger partial charge in [-0.15, -0.1) is 0 Å². The van der Waals surface area contributed by atoms with Gasteiger partial charge < -0.3 is 15.0 Å². The quantitative estimate of drug-likeness (QED) is 0.469. The molecule has 0 saturated heterocycles. The predicted molar refractivity (Wildman–Crippen MR) is 71.1 cm³/mol. The van der Waals surface area contributed by atoms with Gasteiger partial charge in [-0.3, -0.25) is 4.79 Å². The highest BCUT2D eigenvalue weighted by Crippen LogP contribution is 2.01. The van der Waals surface area contributed by atoms with Crippen molar-refractivity contribution in [2.75, 3.05) is 33.7 Å². The number of hydrogen-bond acceptors (Lipinski definition) is 4. The Morgan fingerprint density at radius 3 is 2.65 bits per heavy atom. The Kier molecular flexibility index (Phi) is 10.2. The number of hydrogen-bond donors (Lipinski definition) is 1. The van der Waals surface area contributed by atoms with E-state index in [4.69, 9.17) is 4.74 Å². The highest BCUT2D eigenvalue weighted by atomic mass is 16.5. The maximum atomic E-state index is 11.4. The molecule has 0 saturated carbocycles. The largest absolute Gasteiger partial charge is 0.463 e. The Morgan fingerprint density at radius 2 is 2.06 bits per heavy atom. The molecule has 0 aliphatic heterocycles. The van der Waals surface area contributed by atoms with E-state index in [0.717, 1.165) is 32.4 Å². The zero-order valence-corrected chi connectivity index (χ0v) is 11.8. The molecule has 0 aromatic rings. The monoisotopic (exact) mass is 244 g/mol. The lowest BCUT2D eigenvalue weighted by atomic mass is 10.2. The van der Waals surface area contributed by atoms with Crippen LogP contribution in [0, 0.1) is 0 Å². The van der Waals surface area contributed by atoms with Gasteiger partial charge in [-0.1, -0.05) is 13.3 Å². The Hall–Kier alpha value is -0.610. The first-order valence-corrected chi connectivity index (χ1v) is 6.61. The molecule has 0 aliphatic carbocycles. The summed E-state index contributed by atoms with van der Waals surface area (Å²) < 4.78 is 5.25. The van der Waals surface area contributed by atoms with Gasteiger partial charge >= 0.3 is 5.97 Å². The van der Waals surface area contributed by atoms with Crippen molar-refractivity contribution in [3.63, 3.8) is 0 Å². The summed E-state index contributed by atoms with van der Waals surface area (Å²) >= 11 is 0. The standard InChI is InChI=1S/C13H28N2O2/c1-5-7-12(2)17-13(16)8-10-14-9-6-11-15(3)4/h12,14H,5-11H2,1-4H3. The van der Waals surface area contributed by atoms with Crippen molar-refractivity contribution in [2.45, 2.75) is 45.6 Å². The number of ether oxygens (including phenoxy) is 1. The first-order chi connectivity index (χ1) is 8.06. The van der Waals surface area contributed by atoms with Crippen molar-refractivity contribution in [3.05, 3.63) is 0 Å². The van der Waals surface area contributed by atoms with Crippen molar-refractivity contribution < 1.29 is 9.53 Å². The van der Waals surface area contributed by atoms with Crippen molar-refractivity contribution in [2.24, 2.45) is 0 Å². The minimum atomic E-state index is -0.0916. The molecule has 1 N–H and O–H groups in total. The van der Waals surface area contributed by atoms with Crippen molar-refractivity contribution in [1.82, 2.24) is 10.2 Å². The molecule has 1 unspecified atom stereocenters. The van der Waals surface area contributed by atoms with Crippen LogP contribution in [0.25, 0.3) is 0 Å². The zero-order chi connectivity index (χ0) is 13.1. The van der Waals surface area contributed by atoms with E-state index in [0.29, 0.717) is 13.0 Å². The number of carbonyl (C=O) groups is 1. The minimum Gasteiger partial charge on any atom is -0.463 e. The maximum absolute atomic E-state index is 11.4. The van der Waals surface area contributed by atoms with Crippen LogP contribution in [0.15, 0.2) is 0 Å². The zero-order valence-electron chi connectivity index (χ0n) is 11.8. The average molecular weight is 244 g/mol. The number of rotatable bonds is 10. The molecular formula is C13H28N2O2. The lowest BCUT2D eigenvalue weighted by Gasteiger charge is -2.12. The van der Waals surface area contributed by atoms with E-state index < -0.39 is 0 Å². The van der Waals surface area contributed by atoms with Crippen LogP contribution in [-0.2, 0) is 9.53 Å². The van der Waals surface area contributed by atoms with Crippen LogP contribution in [-0.4, -0.2) is 50.7 Å². The third-order valence-electron chi connectivity index (χ3n) is 2.49. The van der Waals surface area contributed by atoms with Crippen LogP contribution in [0.4, 0.5) is 0 Å². The number of carbonyl (C=O) groups excluding carboxylic acids is 1. The summed E-state index contributed by atoms with van der Waals surface area (Å²) in [6.45, 7) is 6.79. The van der Waals surface area contributed by atoms with Crippen LogP contribution < -0.4 is 5.32 Å². The molecule has 1 atom stereocenters. The summed E-state index contributed by atoms with van der Waals surface area (Å²) in [6.07, 6.45) is 3.63.